The third-order valence-electron chi connectivity index (χ3n) is 3.42. The maximum atomic E-state index is 5.80. The standard InChI is InChI=1S/C15H23BrN2O/c1-13-4-5-15(14(16)12-13)19-11-3-2-8-18-9-6-17-7-10-18/h4-5,12,17H,2-3,6-11H2,1H3. The maximum absolute atomic E-state index is 5.80. The Morgan fingerprint density at radius 2 is 2.05 bits per heavy atom. The first kappa shape index (κ1) is 14.8. The molecule has 0 aliphatic carbocycles. The molecule has 1 N–H and O–H groups in total. The zero-order chi connectivity index (χ0) is 13.5. The minimum Gasteiger partial charge on any atom is -0.492 e. The number of unbranched alkanes of at least 4 members (excludes halogenated alkanes) is 1. The van der Waals surface area contributed by atoms with Crippen LogP contribution < -0.4 is 10.1 Å². The van der Waals surface area contributed by atoms with Gasteiger partial charge in [-0.2, -0.15) is 0 Å². The van der Waals surface area contributed by atoms with Crippen molar-refractivity contribution in [3.63, 3.8) is 0 Å². The highest BCUT2D eigenvalue weighted by Crippen LogP contribution is 2.25. The average Bonchev–Trinajstić information content (AvgIpc) is 2.42. The van der Waals surface area contributed by atoms with Crippen LogP contribution in [0.3, 0.4) is 0 Å². The summed E-state index contributed by atoms with van der Waals surface area (Å²) in [7, 11) is 0. The fourth-order valence-electron chi connectivity index (χ4n) is 2.28. The summed E-state index contributed by atoms with van der Waals surface area (Å²) in [6, 6.07) is 6.21. The minimum atomic E-state index is 0.799. The van der Waals surface area contributed by atoms with Crippen LogP contribution in [0.1, 0.15) is 18.4 Å². The van der Waals surface area contributed by atoms with Crippen LogP contribution in [0.5, 0.6) is 5.75 Å². The van der Waals surface area contributed by atoms with Gasteiger partial charge in [-0.05, 0) is 59.9 Å². The van der Waals surface area contributed by atoms with E-state index in [1.807, 2.05) is 6.07 Å². The second-order valence-electron chi connectivity index (χ2n) is 5.08. The van der Waals surface area contributed by atoms with E-state index < -0.39 is 0 Å². The quantitative estimate of drug-likeness (QED) is 0.813. The first-order valence-electron chi connectivity index (χ1n) is 7.08. The summed E-state index contributed by atoms with van der Waals surface area (Å²) in [5, 5.41) is 3.38. The smallest absolute Gasteiger partial charge is 0.133 e. The van der Waals surface area contributed by atoms with E-state index in [1.54, 1.807) is 0 Å². The van der Waals surface area contributed by atoms with Crippen molar-refractivity contribution in [3.8, 4) is 5.75 Å². The predicted molar refractivity (Wildman–Crippen MR) is 82.9 cm³/mol. The Morgan fingerprint density at radius 1 is 1.26 bits per heavy atom. The van der Waals surface area contributed by atoms with Crippen molar-refractivity contribution in [2.24, 2.45) is 0 Å². The van der Waals surface area contributed by atoms with Crippen molar-refractivity contribution in [2.75, 3.05) is 39.3 Å². The van der Waals surface area contributed by atoms with Gasteiger partial charge in [0.25, 0.3) is 0 Å². The molecule has 1 aliphatic heterocycles. The number of benzene rings is 1. The predicted octanol–water partition coefficient (Wildman–Crippen LogP) is 2.82. The fraction of sp³-hybridized carbons (Fsp3) is 0.600. The molecule has 0 amide bonds. The van der Waals surface area contributed by atoms with E-state index in [-0.39, 0.29) is 0 Å². The molecule has 0 unspecified atom stereocenters. The summed E-state index contributed by atoms with van der Waals surface area (Å²) in [6.45, 7) is 8.71. The lowest BCUT2D eigenvalue weighted by Crippen LogP contribution is -2.43. The van der Waals surface area contributed by atoms with E-state index in [1.165, 1.54) is 31.6 Å². The molecule has 2 rings (SSSR count). The van der Waals surface area contributed by atoms with Crippen LogP contribution in [0.4, 0.5) is 0 Å². The molecule has 19 heavy (non-hydrogen) atoms. The van der Waals surface area contributed by atoms with Gasteiger partial charge in [-0.25, -0.2) is 0 Å². The first-order valence-corrected chi connectivity index (χ1v) is 7.87. The topological polar surface area (TPSA) is 24.5 Å². The third-order valence-corrected chi connectivity index (χ3v) is 4.04. The number of halogens is 1. The van der Waals surface area contributed by atoms with Crippen molar-refractivity contribution in [1.82, 2.24) is 10.2 Å². The monoisotopic (exact) mass is 326 g/mol. The van der Waals surface area contributed by atoms with Gasteiger partial charge < -0.3 is 15.0 Å². The molecule has 106 valence electrons. The molecule has 0 bridgehead atoms. The maximum Gasteiger partial charge on any atom is 0.133 e. The SMILES string of the molecule is Cc1ccc(OCCCCN2CCNCC2)c(Br)c1. The third kappa shape index (κ3) is 5.13. The van der Waals surface area contributed by atoms with Crippen LogP contribution in [-0.4, -0.2) is 44.2 Å². The Kier molecular flexibility index (Phi) is 6.14. The number of hydrogen-bond donors (Lipinski definition) is 1. The number of nitrogens with zero attached hydrogens (tertiary/aromatic N) is 1. The molecule has 0 atom stereocenters. The zero-order valence-electron chi connectivity index (χ0n) is 11.6. The first-order chi connectivity index (χ1) is 9.25. The molecule has 4 heteroatoms. The van der Waals surface area contributed by atoms with Crippen LogP contribution in [-0.2, 0) is 0 Å². The molecular formula is C15H23BrN2O. The average molecular weight is 327 g/mol. The van der Waals surface area contributed by atoms with Crippen LogP contribution in [0.2, 0.25) is 0 Å². The molecule has 0 spiro atoms. The second-order valence-corrected chi connectivity index (χ2v) is 5.94. The molecule has 1 aromatic rings. The van der Waals surface area contributed by atoms with E-state index in [0.717, 1.165) is 36.3 Å². The molecule has 0 aromatic heterocycles. The van der Waals surface area contributed by atoms with Crippen molar-refractivity contribution >= 4 is 15.9 Å². The van der Waals surface area contributed by atoms with E-state index in [4.69, 9.17) is 4.74 Å². The number of piperazine rings is 1. The fourth-order valence-corrected chi connectivity index (χ4v) is 2.88. The number of rotatable bonds is 6. The largest absolute Gasteiger partial charge is 0.492 e. The summed E-state index contributed by atoms with van der Waals surface area (Å²) in [4.78, 5) is 2.53. The van der Waals surface area contributed by atoms with E-state index >= 15 is 0 Å². The van der Waals surface area contributed by atoms with Gasteiger partial charge in [-0.15, -0.1) is 0 Å². The molecule has 1 aliphatic rings. The molecule has 1 heterocycles. The number of hydrogen-bond acceptors (Lipinski definition) is 3. The molecule has 0 saturated carbocycles. The van der Waals surface area contributed by atoms with Crippen LogP contribution in [0.15, 0.2) is 22.7 Å². The molecule has 1 fully saturated rings. The van der Waals surface area contributed by atoms with Crippen LogP contribution >= 0.6 is 15.9 Å². The lowest BCUT2D eigenvalue weighted by atomic mass is 10.2. The Bertz CT molecular complexity index is 392. The lowest BCUT2D eigenvalue weighted by Gasteiger charge is -2.27. The molecule has 0 radical (unpaired) electrons. The molecule has 1 saturated heterocycles. The lowest BCUT2D eigenvalue weighted by molar-refractivity contribution is 0.226. The van der Waals surface area contributed by atoms with Gasteiger partial charge in [0.15, 0.2) is 0 Å². The van der Waals surface area contributed by atoms with E-state index in [0.29, 0.717) is 0 Å². The Morgan fingerprint density at radius 3 is 2.79 bits per heavy atom. The summed E-state index contributed by atoms with van der Waals surface area (Å²) >= 11 is 3.54. The van der Waals surface area contributed by atoms with Gasteiger partial charge in [0.1, 0.15) is 5.75 Å². The zero-order valence-corrected chi connectivity index (χ0v) is 13.2. The normalized spacial score (nSPS) is 16.5. The van der Waals surface area contributed by atoms with Crippen LogP contribution in [0, 0.1) is 6.92 Å². The van der Waals surface area contributed by atoms with Gasteiger partial charge in [-0.3, -0.25) is 0 Å². The summed E-state index contributed by atoms with van der Waals surface area (Å²) in [5.41, 5.74) is 1.25. The summed E-state index contributed by atoms with van der Waals surface area (Å²) in [6.07, 6.45) is 2.33. The van der Waals surface area contributed by atoms with Crippen molar-refractivity contribution in [2.45, 2.75) is 19.8 Å². The molecule has 3 nitrogen and oxygen atoms in total. The van der Waals surface area contributed by atoms with Gasteiger partial charge in [-0.1, -0.05) is 6.07 Å². The Hall–Kier alpha value is -0.580. The van der Waals surface area contributed by atoms with E-state index in [9.17, 15) is 0 Å². The minimum absolute atomic E-state index is 0.799. The molecule has 1 aromatic carbocycles. The molecular weight excluding hydrogens is 304 g/mol. The summed E-state index contributed by atoms with van der Waals surface area (Å²) in [5.74, 6) is 0.952. The van der Waals surface area contributed by atoms with Crippen LogP contribution in [0.25, 0.3) is 0 Å². The van der Waals surface area contributed by atoms with Crippen molar-refractivity contribution < 1.29 is 4.74 Å². The van der Waals surface area contributed by atoms with Crippen molar-refractivity contribution in [3.05, 3.63) is 28.2 Å². The van der Waals surface area contributed by atoms with Gasteiger partial charge in [0, 0.05) is 26.2 Å². The highest BCUT2D eigenvalue weighted by Gasteiger charge is 2.08. The Balaban J connectivity index is 1.61. The number of ether oxygens (including phenoxy) is 1. The number of nitrogens with one attached hydrogen (secondary N) is 1. The van der Waals surface area contributed by atoms with Crippen molar-refractivity contribution in [1.29, 1.82) is 0 Å². The highest BCUT2D eigenvalue weighted by molar-refractivity contribution is 9.10. The van der Waals surface area contributed by atoms with Gasteiger partial charge in [0.05, 0.1) is 11.1 Å². The van der Waals surface area contributed by atoms with Gasteiger partial charge in [0.2, 0.25) is 0 Å². The number of aryl methyl sites for hydroxylation is 1. The van der Waals surface area contributed by atoms with E-state index in [2.05, 4.69) is 45.2 Å². The van der Waals surface area contributed by atoms with Gasteiger partial charge >= 0.3 is 0 Å². The second kappa shape index (κ2) is 7.88. The Labute approximate surface area is 124 Å². The summed E-state index contributed by atoms with van der Waals surface area (Å²) < 4.78 is 6.85. The highest BCUT2D eigenvalue weighted by atomic mass is 79.9.